The van der Waals surface area contributed by atoms with E-state index in [0.717, 1.165) is 24.3 Å². The Morgan fingerprint density at radius 3 is 2.70 bits per heavy atom. The second-order valence-electron chi connectivity index (χ2n) is 5.75. The van der Waals surface area contributed by atoms with Crippen molar-refractivity contribution in [3.8, 4) is 5.75 Å². The third kappa shape index (κ3) is 3.71. The number of hydrogen-bond acceptors (Lipinski definition) is 3. The normalized spacial score (nSPS) is 13.5. The van der Waals surface area contributed by atoms with Crippen LogP contribution in [0.5, 0.6) is 5.75 Å². The van der Waals surface area contributed by atoms with Crippen molar-refractivity contribution < 1.29 is 9.53 Å². The average Bonchev–Trinajstić information content (AvgIpc) is 2.61. The number of para-hydroxylation sites is 1. The minimum atomic E-state index is 0.148. The Balaban J connectivity index is 1.52. The number of nitrogens with zero attached hydrogens (tertiary/aromatic N) is 1. The molecular weight excluding hydrogens is 288 g/mol. The first kappa shape index (κ1) is 15.6. The highest BCUT2D eigenvalue weighted by molar-refractivity contribution is 5.78. The molecule has 1 amide bonds. The monoisotopic (exact) mass is 310 g/mol. The summed E-state index contributed by atoms with van der Waals surface area (Å²) in [6, 6.07) is 16.2. The van der Waals surface area contributed by atoms with Crippen LogP contribution in [0.2, 0.25) is 0 Å². The lowest BCUT2D eigenvalue weighted by Crippen LogP contribution is -2.41. The van der Waals surface area contributed by atoms with Crippen LogP contribution in [0.25, 0.3) is 0 Å². The first-order valence-electron chi connectivity index (χ1n) is 7.95. The lowest BCUT2D eigenvalue weighted by molar-refractivity contribution is -0.131. The van der Waals surface area contributed by atoms with Crippen molar-refractivity contribution in [2.45, 2.75) is 19.5 Å². The van der Waals surface area contributed by atoms with Gasteiger partial charge >= 0.3 is 0 Å². The van der Waals surface area contributed by atoms with Gasteiger partial charge < -0.3 is 15.0 Å². The van der Waals surface area contributed by atoms with Crippen molar-refractivity contribution in [3.63, 3.8) is 0 Å². The maximum atomic E-state index is 12.4. The fourth-order valence-electron chi connectivity index (χ4n) is 2.97. The van der Waals surface area contributed by atoms with E-state index in [0.29, 0.717) is 19.6 Å². The molecule has 23 heavy (non-hydrogen) atoms. The lowest BCUT2D eigenvalue weighted by Gasteiger charge is -2.29. The maximum absolute atomic E-state index is 12.4. The summed E-state index contributed by atoms with van der Waals surface area (Å²) in [6.07, 6.45) is 0.939. The molecular formula is C19H22N2O2. The number of fused-ring (bicyclic) bond motifs is 1. The molecule has 0 aromatic heterocycles. The van der Waals surface area contributed by atoms with Crippen LogP contribution >= 0.6 is 0 Å². The number of nitrogens with one attached hydrogen (secondary N) is 1. The van der Waals surface area contributed by atoms with Gasteiger partial charge in [0.25, 0.3) is 0 Å². The van der Waals surface area contributed by atoms with E-state index in [-0.39, 0.29) is 5.91 Å². The highest BCUT2D eigenvalue weighted by Gasteiger charge is 2.19. The van der Waals surface area contributed by atoms with Crippen LogP contribution in [0.3, 0.4) is 0 Å². The smallest absolute Gasteiger partial charge is 0.236 e. The fourth-order valence-corrected chi connectivity index (χ4v) is 2.97. The fraction of sp³-hybridized carbons (Fsp3) is 0.316. The number of amides is 1. The SMILES string of the molecule is COc1ccccc1CNCC(=O)N1CCc2ccccc2C1. The Morgan fingerprint density at radius 1 is 1.13 bits per heavy atom. The topological polar surface area (TPSA) is 41.6 Å². The van der Waals surface area contributed by atoms with Crippen LogP contribution < -0.4 is 10.1 Å². The van der Waals surface area contributed by atoms with Gasteiger partial charge in [-0.1, -0.05) is 42.5 Å². The quantitative estimate of drug-likeness (QED) is 0.922. The minimum absolute atomic E-state index is 0.148. The molecule has 1 aliphatic heterocycles. The Labute approximate surface area is 137 Å². The van der Waals surface area contributed by atoms with Gasteiger partial charge in [-0.3, -0.25) is 4.79 Å². The second kappa shape index (κ2) is 7.29. The second-order valence-corrected chi connectivity index (χ2v) is 5.75. The number of ether oxygens (including phenoxy) is 1. The van der Waals surface area contributed by atoms with Crippen molar-refractivity contribution in [1.82, 2.24) is 10.2 Å². The molecule has 0 fully saturated rings. The van der Waals surface area contributed by atoms with Crippen LogP contribution in [0.4, 0.5) is 0 Å². The zero-order valence-electron chi connectivity index (χ0n) is 13.4. The number of hydrogen-bond donors (Lipinski definition) is 1. The van der Waals surface area contributed by atoms with E-state index >= 15 is 0 Å². The standard InChI is InChI=1S/C19H22N2O2/c1-23-18-9-5-4-7-16(18)12-20-13-19(22)21-11-10-15-6-2-3-8-17(15)14-21/h2-9,20H,10-14H2,1H3. The largest absolute Gasteiger partial charge is 0.496 e. The van der Waals surface area contributed by atoms with Crippen molar-refractivity contribution in [3.05, 3.63) is 65.2 Å². The van der Waals surface area contributed by atoms with E-state index in [1.54, 1.807) is 7.11 Å². The number of rotatable bonds is 5. The third-order valence-corrected chi connectivity index (χ3v) is 4.27. The zero-order chi connectivity index (χ0) is 16.1. The van der Waals surface area contributed by atoms with Gasteiger partial charge in [0.05, 0.1) is 13.7 Å². The van der Waals surface area contributed by atoms with E-state index in [4.69, 9.17) is 4.74 Å². The molecule has 4 heteroatoms. The molecule has 0 radical (unpaired) electrons. The molecule has 2 aromatic carbocycles. The van der Waals surface area contributed by atoms with Crippen LogP contribution in [-0.4, -0.2) is 31.0 Å². The number of benzene rings is 2. The minimum Gasteiger partial charge on any atom is -0.496 e. The molecule has 1 heterocycles. The number of methoxy groups -OCH3 is 1. The molecule has 120 valence electrons. The summed E-state index contributed by atoms with van der Waals surface area (Å²) >= 11 is 0. The van der Waals surface area contributed by atoms with E-state index < -0.39 is 0 Å². The van der Waals surface area contributed by atoms with Gasteiger partial charge in [0.15, 0.2) is 0 Å². The van der Waals surface area contributed by atoms with Gasteiger partial charge in [-0.05, 0) is 23.6 Å². The third-order valence-electron chi connectivity index (χ3n) is 4.27. The van der Waals surface area contributed by atoms with E-state index in [9.17, 15) is 4.79 Å². The molecule has 1 N–H and O–H groups in total. The zero-order valence-corrected chi connectivity index (χ0v) is 13.4. The molecule has 0 unspecified atom stereocenters. The Kier molecular flexibility index (Phi) is 4.93. The van der Waals surface area contributed by atoms with E-state index in [1.807, 2.05) is 35.2 Å². The molecule has 3 rings (SSSR count). The lowest BCUT2D eigenvalue weighted by atomic mass is 10.00. The van der Waals surface area contributed by atoms with Crippen molar-refractivity contribution in [2.75, 3.05) is 20.2 Å². The molecule has 1 aliphatic rings. The summed E-state index contributed by atoms with van der Waals surface area (Å²) in [7, 11) is 1.66. The van der Waals surface area contributed by atoms with Gasteiger partial charge in [0, 0.05) is 25.2 Å². The predicted molar refractivity (Wildman–Crippen MR) is 90.3 cm³/mol. The Bertz CT molecular complexity index is 685. The Hall–Kier alpha value is -2.33. The van der Waals surface area contributed by atoms with Crippen molar-refractivity contribution in [1.29, 1.82) is 0 Å². The summed E-state index contributed by atoms with van der Waals surface area (Å²) in [5.41, 5.74) is 3.68. The summed E-state index contributed by atoms with van der Waals surface area (Å²) in [6.45, 7) is 2.48. The Morgan fingerprint density at radius 2 is 1.87 bits per heavy atom. The van der Waals surface area contributed by atoms with E-state index in [1.165, 1.54) is 11.1 Å². The summed E-state index contributed by atoms with van der Waals surface area (Å²) in [5, 5.41) is 3.23. The maximum Gasteiger partial charge on any atom is 0.236 e. The summed E-state index contributed by atoms with van der Waals surface area (Å²) < 4.78 is 5.32. The van der Waals surface area contributed by atoms with Crippen LogP contribution in [-0.2, 0) is 24.3 Å². The predicted octanol–water partition coefficient (Wildman–Crippen LogP) is 2.37. The van der Waals surface area contributed by atoms with Crippen LogP contribution in [0, 0.1) is 0 Å². The summed E-state index contributed by atoms with van der Waals surface area (Å²) in [4.78, 5) is 14.3. The molecule has 0 aliphatic carbocycles. The molecule has 0 atom stereocenters. The summed E-state index contributed by atoms with van der Waals surface area (Å²) in [5.74, 6) is 0.994. The van der Waals surface area contributed by atoms with Crippen LogP contribution in [0.15, 0.2) is 48.5 Å². The molecule has 4 nitrogen and oxygen atoms in total. The van der Waals surface area contributed by atoms with E-state index in [2.05, 4.69) is 23.5 Å². The molecule has 0 bridgehead atoms. The molecule has 0 spiro atoms. The first-order valence-corrected chi connectivity index (χ1v) is 7.95. The highest BCUT2D eigenvalue weighted by Crippen LogP contribution is 2.19. The van der Waals surface area contributed by atoms with Crippen molar-refractivity contribution >= 4 is 5.91 Å². The average molecular weight is 310 g/mol. The van der Waals surface area contributed by atoms with Crippen LogP contribution in [0.1, 0.15) is 16.7 Å². The van der Waals surface area contributed by atoms with Gasteiger partial charge in [-0.25, -0.2) is 0 Å². The molecule has 0 saturated heterocycles. The van der Waals surface area contributed by atoms with Crippen molar-refractivity contribution in [2.24, 2.45) is 0 Å². The van der Waals surface area contributed by atoms with Gasteiger partial charge in [-0.15, -0.1) is 0 Å². The first-order chi connectivity index (χ1) is 11.3. The molecule has 0 saturated carbocycles. The van der Waals surface area contributed by atoms with Gasteiger partial charge in [0.2, 0.25) is 5.91 Å². The highest BCUT2D eigenvalue weighted by atomic mass is 16.5. The van der Waals surface area contributed by atoms with Gasteiger partial charge in [-0.2, -0.15) is 0 Å². The number of carbonyl (C=O) groups excluding carboxylic acids is 1. The molecule has 2 aromatic rings. The van der Waals surface area contributed by atoms with Gasteiger partial charge in [0.1, 0.15) is 5.75 Å². The number of carbonyl (C=O) groups is 1.